The highest BCUT2D eigenvalue weighted by Gasteiger charge is 2.24. The van der Waals surface area contributed by atoms with Crippen molar-refractivity contribution >= 4 is 6.09 Å². The van der Waals surface area contributed by atoms with E-state index in [1.165, 1.54) is 0 Å². The first-order chi connectivity index (χ1) is 9.79. The van der Waals surface area contributed by atoms with Gasteiger partial charge in [0.25, 0.3) is 0 Å². The van der Waals surface area contributed by atoms with Crippen molar-refractivity contribution in [3.05, 3.63) is 46.3 Å². The Bertz CT molecular complexity index is 485. The molecule has 1 atom stereocenters. The van der Waals surface area contributed by atoms with Gasteiger partial charge in [-0.3, -0.25) is 0 Å². The maximum absolute atomic E-state index is 12.0. The second-order valence-corrected chi connectivity index (χ2v) is 4.91. The highest BCUT2D eigenvalue weighted by molar-refractivity contribution is 5.67. The van der Waals surface area contributed by atoms with Crippen LogP contribution in [0.4, 0.5) is 4.79 Å². The number of benzene rings is 1. The van der Waals surface area contributed by atoms with Gasteiger partial charge in [0.2, 0.25) is 0 Å². The van der Waals surface area contributed by atoms with Gasteiger partial charge >= 0.3 is 6.09 Å². The standard InChI is InChI=1S/C14H18N4O2/c15-17-16-9-13-7-4-8-18(10-13)14(19)20-11-12-5-2-1-3-6-12/h1-3,5-6,13H,4,7-11H2. The highest BCUT2D eigenvalue weighted by Crippen LogP contribution is 2.18. The largest absolute Gasteiger partial charge is 0.445 e. The Balaban J connectivity index is 1.81. The molecule has 1 fully saturated rings. The molecule has 0 aliphatic carbocycles. The highest BCUT2D eigenvalue weighted by atomic mass is 16.6. The van der Waals surface area contributed by atoms with E-state index in [0.29, 0.717) is 19.6 Å². The molecule has 1 unspecified atom stereocenters. The number of piperidine rings is 1. The average Bonchev–Trinajstić information content (AvgIpc) is 2.52. The quantitative estimate of drug-likeness (QED) is 0.479. The van der Waals surface area contributed by atoms with Crippen LogP contribution in [0.5, 0.6) is 0 Å². The maximum atomic E-state index is 12.0. The fraction of sp³-hybridized carbons (Fsp3) is 0.500. The molecule has 1 heterocycles. The Morgan fingerprint density at radius 3 is 3.00 bits per heavy atom. The molecule has 0 radical (unpaired) electrons. The van der Waals surface area contributed by atoms with E-state index in [2.05, 4.69) is 10.0 Å². The molecular formula is C14H18N4O2. The van der Waals surface area contributed by atoms with Gasteiger partial charge in [-0.2, -0.15) is 0 Å². The number of hydrogen-bond donors (Lipinski definition) is 0. The zero-order valence-electron chi connectivity index (χ0n) is 11.3. The van der Waals surface area contributed by atoms with E-state index < -0.39 is 0 Å². The Labute approximate surface area is 118 Å². The van der Waals surface area contributed by atoms with E-state index in [0.717, 1.165) is 18.4 Å². The number of amides is 1. The van der Waals surface area contributed by atoms with Crippen LogP contribution < -0.4 is 0 Å². The summed E-state index contributed by atoms with van der Waals surface area (Å²) in [5, 5.41) is 3.58. The average molecular weight is 274 g/mol. The van der Waals surface area contributed by atoms with Crippen molar-refractivity contribution in [2.75, 3.05) is 19.6 Å². The topological polar surface area (TPSA) is 78.3 Å². The lowest BCUT2D eigenvalue weighted by molar-refractivity contribution is 0.0800. The summed E-state index contributed by atoms with van der Waals surface area (Å²) >= 11 is 0. The van der Waals surface area contributed by atoms with Crippen LogP contribution in [-0.4, -0.2) is 30.6 Å². The lowest BCUT2D eigenvalue weighted by atomic mass is 9.99. The second-order valence-electron chi connectivity index (χ2n) is 4.91. The summed E-state index contributed by atoms with van der Waals surface area (Å²) < 4.78 is 5.30. The Morgan fingerprint density at radius 2 is 2.25 bits per heavy atom. The molecule has 1 amide bonds. The van der Waals surface area contributed by atoms with Crippen LogP contribution >= 0.6 is 0 Å². The summed E-state index contributed by atoms with van der Waals surface area (Å²) in [5.41, 5.74) is 9.31. The van der Waals surface area contributed by atoms with Crippen molar-refractivity contribution in [1.29, 1.82) is 0 Å². The lowest BCUT2D eigenvalue weighted by Crippen LogP contribution is -2.40. The molecule has 20 heavy (non-hydrogen) atoms. The van der Waals surface area contributed by atoms with Gasteiger partial charge in [-0.1, -0.05) is 35.4 Å². The smallest absolute Gasteiger partial charge is 0.410 e. The zero-order valence-corrected chi connectivity index (χ0v) is 11.3. The number of rotatable bonds is 4. The number of azide groups is 1. The molecule has 6 heteroatoms. The van der Waals surface area contributed by atoms with Crippen molar-refractivity contribution in [2.45, 2.75) is 19.4 Å². The van der Waals surface area contributed by atoms with Crippen LogP contribution in [0.25, 0.3) is 10.4 Å². The summed E-state index contributed by atoms with van der Waals surface area (Å²) in [4.78, 5) is 16.5. The monoisotopic (exact) mass is 274 g/mol. The van der Waals surface area contributed by atoms with Crippen molar-refractivity contribution in [2.24, 2.45) is 11.0 Å². The molecule has 1 aliphatic rings. The minimum atomic E-state index is -0.292. The summed E-state index contributed by atoms with van der Waals surface area (Å²) in [7, 11) is 0. The third kappa shape index (κ3) is 4.17. The summed E-state index contributed by atoms with van der Waals surface area (Å²) in [6, 6.07) is 9.61. The Hall–Kier alpha value is -2.20. The molecule has 1 saturated heterocycles. The van der Waals surface area contributed by atoms with Crippen LogP contribution in [0, 0.1) is 5.92 Å². The fourth-order valence-electron chi connectivity index (χ4n) is 2.34. The number of nitrogens with zero attached hydrogens (tertiary/aromatic N) is 4. The van der Waals surface area contributed by atoms with E-state index in [-0.39, 0.29) is 18.6 Å². The van der Waals surface area contributed by atoms with Crippen molar-refractivity contribution in [3.8, 4) is 0 Å². The van der Waals surface area contributed by atoms with Gasteiger partial charge in [0.05, 0.1) is 0 Å². The predicted molar refractivity (Wildman–Crippen MR) is 74.9 cm³/mol. The first-order valence-corrected chi connectivity index (χ1v) is 6.76. The van der Waals surface area contributed by atoms with E-state index >= 15 is 0 Å². The van der Waals surface area contributed by atoms with Crippen LogP contribution in [0.2, 0.25) is 0 Å². The number of carbonyl (C=O) groups is 1. The Morgan fingerprint density at radius 1 is 1.45 bits per heavy atom. The minimum Gasteiger partial charge on any atom is -0.445 e. The SMILES string of the molecule is [N-]=[N+]=NCC1CCCN(C(=O)OCc2ccccc2)C1. The molecule has 1 aliphatic heterocycles. The molecule has 0 N–H and O–H groups in total. The van der Waals surface area contributed by atoms with E-state index in [1.807, 2.05) is 30.3 Å². The maximum Gasteiger partial charge on any atom is 0.410 e. The van der Waals surface area contributed by atoms with Gasteiger partial charge in [0.15, 0.2) is 0 Å². The number of hydrogen-bond acceptors (Lipinski definition) is 3. The van der Waals surface area contributed by atoms with Gasteiger partial charge in [0.1, 0.15) is 6.61 Å². The zero-order chi connectivity index (χ0) is 14.2. The number of likely N-dealkylation sites (tertiary alicyclic amines) is 1. The molecule has 1 aromatic carbocycles. The second kappa shape index (κ2) is 7.40. The summed E-state index contributed by atoms with van der Waals surface area (Å²) in [5.74, 6) is 0.240. The molecule has 6 nitrogen and oxygen atoms in total. The molecule has 0 spiro atoms. The van der Waals surface area contributed by atoms with Gasteiger partial charge in [0, 0.05) is 24.5 Å². The van der Waals surface area contributed by atoms with E-state index in [1.54, 1.807) is 4.90 Å². The molecule has 0 saturated carbocycles. The minimum absolute atomic E-state index is 0.240. The third-order valence-corrected chi connectivity index (χ3v) is 3.39. The molecule has 106 valence electrons. The van der Waals surface area contributed by atoms with Gasteiger partial charge in [-0.25, -0.2) is 4.79 Å². The summed E-state index contributed by atoms with van der Waals surface area (Å²) in [6.45, 7) is 2.04. The molecule has 2 rings (SSSR count). The number of ether oxygens (including phenoxy) is 1. The van der Waals surface area contributed by atoms with Gasteiger partial charge in [-0.05, 0) is 29.9 Å². The van der Waals surface area contributed by atoms with Crippen molar-refractivity contribution < 1.29 is 9.53 Å². The summed E-state index contributed by atoms with van der Waals surface area (Å²) in [6.07, 6.45) is 1.62. The molecule has 1 aromatic rings. The number of carbonyl (C=O) groups excluding carboxylic acids is 1. The van der Waals surface area contributed by atoms with Crippen molar-refractivity contribution in [1.82, 2.24) is 4.90 Å². The van der Waals surface area contributed by atoms with Gasteiger partial charge in [-0.15, -0.1) is 0 Å². The van der Waals surface area contributed by atoms with Crippen molar-refractivity contribution in [3.63, 3.8) is 0 Å². The Kier molecular flexibility index (Phi) is 5.26. The van der Waals surface area contributed by atoms with Crippen LogP contribution in [0.3, 0.4) is 0 Å². The van der Waals surface area contributed by atoms with E-state index in [4.69, 9.17) is 10.3 Å². The molecular weight excluding hydrogens is 256 g/mol. The lowest BCUT2D eigenvalue weighted by Gasteiger charge is -2.31. The normalized spacial score (nSPS) is 18.2. The van der Waals surface area contributed by atoms with Crippen LogP contribution in [0.15, 0.2) is 35.4 Å². The van der Waals surface area contributed by atoms with E-state index in [9.17, 15) is 4.79 Å². The fourth-order valence-corrected chi connectivity index (χ4v) is 2.34. The van der Waals surface area contributed by atoms with Crippen LogP contribution in [0.1, 0.15) is 18.4 Å². The van der Waals surface area contributed by atoms with Crippen LogP contribution in [-0.2, 0) is 11.3 Å². The third-order valence-electron chi connectivity index (χ3n) is 3.39. The predicted octanol–water partition coefficient (Wildman–Crippen LogP) is 3.35. The first-order valence-electron chi connectivity index (χ1n) is 6.76. The molecule has 0 bridgehead atoms. The molecule has 0 aromatic heterocycles. The first kappa shape index (κ1) is 14.2. The van der Waals surface area contributed by atoms with Gasteiger partial charge < -0.3 is 9.64 Å².